The number of pyridine rings is 1. The van der Waals surface area contributed by atoms with Crippen molar-refractivity contribution in [2.45, 2.75) is 18.0 Å². The second kappa shape index (κ2) is 8.33. The Labute approximate surface area is 172 Å². The van der Waals surface area contributed by atoms with Gasteiger partial charge in [-0.3, -0.25) is 14.3 Å². The first-order valence-corrected chi connectivity index (χ1v) is 10.2. The highest BCUT2D eigenvalue weighted by Crippen LogP contribution is 2.33. The molecule has 0 radical (unpaired) electrons. The van der Waals surface area contributed by atoms with Gasteiger partial charge in [0, 0.05) is 29.1 Å². The Balaban J connectivity index is 1.80. The number of carbonyl (C=O) groups excluding carboxylic acids is 1. The molecular weight excluding hydrogens is 384 g/mol. The number of thioether (sulfide) groups is 1. The van der Waals surface area contributed by atoms with Gasteiger partial charge in [0.05, 0.1) is 36.1 Å². The fraction of sp³-hybridized carbons (Fsp3) is 0.182. The average Bonchev–Trinajstić information content (AvgIpc) is 3.13. The summed E-state index contributed by atoms with van der Waals surface area (Å²) in [5, 5.41) is 12.2. The number of rotatable bonds is 6. The van der Waals surface area contributed by atoms with Gasteiger partial charge in [-0.05, 0) is 24.6 Å². The van der Waals surface area contributed by atoms with Gasteiger partial charge in [-0.25, -0.2) is 4.98 Å². The van der Waals surface area contributed by atoms with Crippen LogP contribution in [0, 0.1) is 11.3 Å². The molecule has 0 amide bonds. The number of nitrogens with zero attached hydrogens (tertiary/aromatic N) is 4. The third kappa shape index (κ3) is 3.67. The topological polar surface area (TPSA) is 80.8 Å². The van der Waals surface area contributed by atoms with E-state index in [-0.39, 0.29) is 5.97 Å². The van der Waals surface area contributed by atoms with Crippen molar-refractivity contribution in [2.24, 2.45) is 0 Å². The van der Waals surface area contributed by atoms with Gasteiger partial charge in [0.25, 0.3) is 0 Å². The minimum absolute atomic E-state index is 0.207. The lowest BCUT2D eigenvalue weighted by Gasteiger charge is -2.13. The van der Waals surface area contributed by atoms with E-state index in [1.54, 1.807) is 24.2 Å². The van der Waals surface area contributed by atoms with Crippen molar-refractivity contribution in [2.75, 3.05) is 12.9 Å². The maximum absolute atomic E-state index is 11.4. The van der Waals surface area contributed by atoms with Crippen LogP contribution in [-0.4, -0.2) is 33.4 Å². The summed E-state index contributed by atoms with van der Waals surface area (Å²) in [6.45, 7) is 0. The number of imidazole rings is 1. The van der Waals surface area contributed by atoms with E-state index in [9.17, 15) is 10.1 Å². The van der Waals surface area contributed by atoms with Gasteiger partial charge in [-0.2, -0.15) is 5.26 Å². The SMILES string of the molecule is COC(=O)CCCSc1nc2cnccc2n1-c1ccc(C#N)c2ccccc12. The second-order valence-electron chi connectivity index (χ2n) is 6.41. The van der Waals surface area contributed by atoms with Crippen LogP contribution < -0.4 is 0 Å². The number of carbonyl (C=O) groups is 1. The second-order valence-corrected chi connectivity index (χ2v) is 7.47. The van der Waals surface area contributed by atoms with Gasteiger partial charge in [-0.15, -0.1) is 0 Å². The minimum atomic E-state index is -0.207. The summed E-state index contributed by atoms with van der Waals surface area (Å²) in [7, 11) is 1.40. The first-order valence-electron chi connectivity index (χ1n) is 9.17. The van der Waals surface area contributed by atoms with E-state index in [0.717, 1.165) is 38.4 Å². The molecule has 144 valence electrons. The number of ether oxygens (including phenoxy) is 1. The largest absolute Gasteiger partial charge is 0.469 e. The summed E-state index contributed by atoms with van der Waals surface area (Å²) in [6, 6.07) is 15.9. The van der Waals surface area contributed by atoms with Gasteiger partial charge in [-0.1, -0.05) is 36.0 Å². The van der Waals surface area contributed by atoms with E-state index >= 15 is 0 Å². The summed E-state index contributed by atoms with van der Waals surface area (Å²) in [5.41, 5.74) is 3.35. The summed E-state index contributed by atoms with van der Waals surface area (Å²) >= 11 is 1.59. The molecule has 2 aromatic heterocycles. The Bertz CT molecular complexity index is 1240. The predicted molar refractivity (Wildman–Crippen MR) is 113 cm³/mol. The van der Waals surface area contributed by atoms with Crippen LogP contribution in [0.2, 0.25) is 0 Å². The smallest absolute Gasteiger partial charge is 0.305 e. The van der Waals surface area contributed by atoms with Crippen LogP contribution in [0.15, 0.2) is 60.0 Å². The molecule has 0 fully saturated rings. The standard InChI is InChI=1S/C22H18N4O2S/c1-28-21(27)7-4-12-29-22-25-18-14-24-11-10-20(18)26(22)19-9-8-15(13-23)16-5-2-3-6-17(16)19/h2-3,5-6,8-11,14H,4,7,12H2,1H3. The highest BCUT2D eigenvalue weighted by molar-refractivity contribution is 7.99. The Hall–Kier alpha value is -3.37. The highest BCUT2D eigenvalue weighted by Gasteiger charge is 2.16. The Kier molecular flexibility index (Phi) is 5.45. The zero-order valence-corrected chi connectivity index (χ0v) is 16.6. The molecule has 0 aliphatic heterocycles. The molecule has 0 aliphatic rings. The van der Waals surface area contributed by atoms with Crippen molar-refractivity contribution in [3.05, 3.63) is 60.4 Å². The van der Waals surface area contributed by atoms with E-state index in [2.05, 4.69) is 15.6 Å². The van der Waals surface area contributed by atoms with Crippen molar-refractivity contribution in [1.82, 2.24) is 14.5 Å². The van der Waals surface area contributed by atoms with Crippen molar-refractivity contribution >= 4 is 39.5 Å². The van der Waals surface area contributed by atoms with Crippen molar-refractivity contribution in [1.29, 1.82) is 5.26 Å². The first kappa shape index (κ1) is 19.0. The van der Waals surface area contributed by atoms with Gasteiger partial charge < -0.3 is 4.74 Å². The van der Waals surface area contributed by atoms with Gasteiger partial charge in [0.1, 0.15) is 5.52 Å². The number of esters is 1. The molecule has 0 unspecified atom stereocenters. The van der Waals surface area contributed by atoms with Crippen LogP contribution in [0.5, 0.6) is 0 Å². The summed E-state index contributed by atoms with van der Waals surface area (Å²) in [5.74, 6) is 0.529. The van der Waals surface area contributed by atoms with Crippen molar-refractivity contribution in [3.8, 4) is 11.8 Å². The van der Waals surface area contributed by atoms with Crippen molar-refractivity contribution in [3.63, 3.8) is 0 Å². The molecule has 0 saturated heterocycles. The number of aromatic nitrogens is 3. The molecule has 0 saturated carbocycles. The molecule has 7 heteroatoms. The van der Waals surface area contributed by atoms with E-state index in [1.807, 2.05) is 42.5 Å². The zero-order valence-electron chi connectivity index (χ0n) is 15.8. The Morgan fingerprint density at radius 1 is 1.21 bits per heavy atom. The lowest BCUT2D eigenvalue weighted by Crippen LogP contribution is -2.01. The first-order chi connectivity index (χ1) is 14.2. The maximum atomic E-state index is 11.4. The summed E-state index contributed by atoms with van der Waals surface area (Å²) in [6.07, 6.45) is 4.58. The lowest BCUT2D eigenvalue weighted by molar-refractivity contribution is -0.140. The Morgan fingerprint density at radius 3 is 2.83 bits per heavy atom. The van der Waals surface area contributed by atoms with Crippen LogP contribution in [-0.2, 0) is 9.53 Å². The van der Waals surface area contributed by atoms with Crippen LogP contribution in [0.1, 0.15) is 18.4 Å². The average molecular weight is 402 g/mol. The molecule has 4 rings (SSSR count). The summed E-state index contributed by atoms with van der Waals surface area (Å²) in [4.78, 5) is 20.3. The minimum Gasteiger partial charge on any atom is -0.469 e. The monoisotopic (exact) mass is 402 g/mol. The summed E-state index contributed by atoms with van der Waals surface area (Å²) < 4.78 is 6.81. The quantitative estimate of drug-likeness (QED) is 0.268. The number of hydrogen-bond acceptors (Lipinski definition) is 6. The number of benzene rings is 2. The van der Waals surface area contributed by atoms with E-state index in [1.165, 1.54) is 7.11 Å². The zero-order chi connectivity index (χ0) is 20.2. The number of hydrogen-bond donors (Lipinski definition) is 0. The number of fused-ring (bicyclic) bond motifs is 2. The molecule has 2 heterocycles. The lowest BCUT2D eigenvalue weighted by atomic mass is 10.0. The third-order valence-corrected chi connectivity index (χ3v) is 5.70. The molecular formula is C22H18N4O2S. The van der Waals surface area contributed by atoms with Gasteiger partial charge in [0.2, 0.25) is 0 Å². The highest BCUT2D eigenvalue weighted by atomic mass is 32.2. The van der Waals surface area contributed by atoms with E-state index < -0.39 is 0 Å². The molecule has 0 atom stereocenters. The van der Waals surface area contributed by atoms with Crippen LogP contribution in [0.25, 0.3) is 27.5 Å². The number of methoxy groups -OCH3 is 1. The molecule has 6 nitrogen and oxygen atoms in total. The van der Waals surface area contributed by atoms with Crippen LogP contribution in [0.4, 0.5) is 0 Å². The molecule has 0 aliphatic carbocycles. The van der Waals surface area contributed by atoms with Gasteiger partial charge >= 0.3 is 5.97 Å². The maximum Gasteiger partial charge on any atom is 0.305 e. The predicted octanol–water partition coefficient (Wildman–Crippen LogP) is 4.49. The fourth-order valence-electron chi connectivity index (χ4n) is 3.30. The number of nitriles is 1. The Morgan fingerprint density at radius 2 is 2.03 bits per heavy atom. The molecule has 0 spiro atoms. The van der Waals surface area contributed by atoms with Crippen molar-refractivity contribution < 1.29 is 9.53 Å². The third-order valence-electron chi connectivity index (χ3n) is 4.67. The molecule has 29 heavy (non-hydrogen) atoms. The molecule has 2 aromatic carbocycles. The molecule has 4 aromatic rings. The molecule has 0 N–H and O–H groups in total. The van der Waals surface area contributed by atoms with Gasteiger partial charge in [0.15, 0.2) is 5.16 Å². The van der Waals surface area contributed by atoms with Crippen LogP contribution >= 0.6 is 11.8 Å². The molecule has 0 bridgehead atoms. The fourth-order valence-corrected chi connectivity index (χ4v) is 4.26. The van der Waals surface area contributed by atoms with E-state index in [0.29, 0.717) is 18.4 Å². The van der Waals surface area contributed by atoms with Crippen LogP contribution in [0.3, 0.4) is 0 Å². The van der Waals surface area contributed by atoms with E-state index in [4.69, 9.17) is 9.72 Å². The normalized spacial score (nSPS) is 10.9.